The number of carbonyl (C=O) groups excluding carboxylic acids is 3. The topological polar surface area (TPSA) is 78.5 Å². The van der Waals surface area contributed by atoms with Crippen molar-refractivity contribution >= 4 is 40.9 Å². The van der Waals surface area contributed by atoms with E-state index in [4.69, 9.17) is 23.2 Å². The van der Waals surface area contributed by atoms with E-state index in [2.05, 4.69) is 22.8 Å². The fourth-order valence-corrected chi connectivity index (χ4v) is 5.71. The normalized spacial score (nSPS) is 21.8. The molecule has 2 unspecified atom stereocenters. The first-order valence-electron chi connectivity index (χ1n) is 12.6. The Balaban J connectivity index is 1.78. The summed E-state index contributed by atoms with van der Waals surface area (Å²) in [4.78, 5) is 43.0. The highest BCUT2D eigenvalue weighted by Crippen LogP contribution is 2.37. The van der Waals surface area contributed by atoms with Crippen LogP contribution in [0.3, 0.4) is 0 Å². The van der Waals surface area contributed by atoms with Gasteiger partial charge in [-0.2, -0.15) is 0 Å². The van der Waals surface area contributed by atoms with Crippen molar-refractivity contribution in [1.29, 1.82) is 0 Å². The summed E-state index contributed by atoms with van der Waals surface area (Å²) in [5.41, 5.74) is 2.91. The molecule has 1 saturated heterocycles. The molecule has 8 heteroatoms. The second-order valence-electron chi connectivity index (χ2n) is 10.2. The van der Waals surface area contributed by atoms with Gasteiger partial charge in [0, 0.05) is 6.04 Å². The van der Waals surface area contributed by atoms with Crippen LogP contribution in [0.15, 0.2) is 42.5 Å². The molecule has 4 rings (SSSR count). The lowest BCUT2D eigenvalue weighted by atomic mass is 9.86. The molecule has 2 aromatic rings. The largest absolute Gasteiger partial charge is 0.352 e. The van der Waals surface area contributed by atoms with Gasteiger partial charge in [0.2, 0.25) is 17.7 Å². The molecule has 192 valence electrons. The van der Waals surface area contributed by atoms with Crippen molar-refractivity contribution in [3.8, 4) is 0 Å². The molecule has 0 spiro atoms. The number of hydrogen-bond acceptors (Lipinski definition) is 3. The monoisotopic (exact) mass is 529 g/mol. The van der Waals surface area contributed by atoms with E-state index < -0.39 is 18.1 Å². The minimum Gasteiger partial charge on any atom is -0.352 e. The predicted molar refractivity (Wildman–Crippen MR) is 142 cm³/mol. The van der Waals surface area contributed by atoms with Gasteiger partial charge in [-0.3, -0.25) is 14.4 Å². The average molecular weight is 530 g/mol. The highest BCUT2D eigenvalue weighted by Gasteiger charge is 2.50. The van der Waals surface area contributed by atoms with Gasteiger partial charge < -0.3 is 15.5 Å². The van der Waals surface area contributed by atoms with Crippen molar-refractivity contribution in [3.63, 3.8) is 0 Å². The summed E-state index contributed by atoms with van der Waals surface area (Å²) in [5, 5.41) is 6.62. The Kier molecular flexibility index (Phi) is 7.96. The molecular formula is C28H33Cl2N3O3. The summed E-state index contributed by atoms with van der Waals surface area (Å²) in [6.07, 6.45) is 2.07. The lowest BCUT2D eigenvalue weighted by Gasteiger charge is -2.46. The summed E-state index contributed by atoms with van der Waals surface area (Å²) in [7, 11) is 0. The van der Waals surface area contributed by atoms with E-state index in [1.807, 2.05) is 39.8 Å². The lowest BCUT2D eigenvalue weighted by molar-refractivity contribution is -0.159. The minimum absolute atomic E-state index is 0.0816. The third kappa shape index (κ3) is 5.12. The Hall–Kier alpha value is -2.57. The van der Waals surface area contributed by atoms with E-state index in [0.29, 0.717) is 29.8 Å². The van der Waals surface area contributed by atoms with Gasteiger partial charge in [0.1, 0.15) is 18.1 Å². The molecule has 2 N–H and O–H groups in total. The van der Waals surface area contributed by atoms with Crippen molar-refractivity contribution in [2.45, 2.75) is 71.1 Å². The molecule has 0 aromatic heterocycles. The molecule has 1 heterocycles. The summed E-state index contributed by atoms with van der Waals surface area (Å²) >= 11 is 12.5. The maximum atomic E-state index is 14.3. The zero-order chi connectivity index (χ0) is 26.1. The van der Waals surface area contributed by atoms with Crippen LogP contribution in [0, 0.1) is 11.8 Å². The Morgan fingerprint density at radius 1 is 1.06 bits per heavy atom. The molecule has 2 aromatic carbocycles. The molecule has 0 bridgehead atoms. The van der Waals surface area contributed by atoms with Gasteiger partial charge in [0.15, 0.2) is 0 Å². The minimum atomic E-state index is -1.02. The third-order valence-corrected chi connectivity index (χ3v) is 8.08. The maximum absolute atomic E-state index is 14.3. The van der Waals surface area contributed by atoms with Crippen LogP contribution in [0.2, 0.25) is 10.0 Å². The number of halogens is 2. The highest BCUT2D eigenvalue weighted by atomic mass is 35.5. The third-order valence-electron chi connectivity index (χ3n) is 7.34. The Morgan fingerprint density at radius 3 is 2.25 bits per heavy atom. The SMILES string of the molecule is CC[C@H](C)[C@@H]1C(=O)NC(C2Cc3ccccc3C2)C(=O)N1C(C(=O)NC(C)C)c1ccc(Cl)c(Cl)c1. The van der Waals surface area contributed by atoms with Gasteiger partial charge >= 0.3 is 0 Å². The van der Waals surface area contributed by atoms with Crippen LogP contribution >= 0.6 is 23.2 Å². The number of nitrogens with one attached hydrogen (secondary N) is 2. The molecule has 1 fully saturated rings. The van der Waals surface area contributed by atoms with Gasteiger partial charge in [0.05, 0.1) is 10.0 Å². The van der Waals surface area contributed by atoms with Crippen molar-refractivity contribution < 1.29 is 14.4 Å². The number of amides is 3. The van der Waals surface area contributed by atoms with Gasteiger partial charge in [-0.05, 0) is 67.3 Å². The first kappa shape index (κ1) is 26.5. The molecule has 3 amide bonds. The molecule has 1 aliphatic carbocycles. The molecule has 0 saturated carbocycles. The molecule has 36 heavy (non-hydrogen) atoms. The van der Waals surface area contributed by atoms with Crippen molar-refractivity contribution in [2.75, 3.05) is 0 Å². The molecular weight excluding hydrogens is 497 g/mol. The summed E-state index contributed by atoms with van der Waals surface area (Å²) in [6, 6.07) is 10.4. The van der Waals surface area contributed by atoms with E-state index in [0.717, 1.165) is 0 Å². The van der Waals surface area contributed by atoms with Gasteiger partial charge in [0.25, 0.3) is 0 Å². The van der Waals surface area contributed by atoms with Gasteiger partial charge in [-0.15, -0.1) is 0 Å². The number of benzene rings is 2. The summed E-state index contributed by atoms with van der Waals surface area (Å²) < 4.78 is 0. The second kappa shape index (κ2) is 10.8. The highest BCUT2D eigenvalue weighted by molar-refractivity contribution is 6.42. The van der Waals surface area contributed by atoms with Crippen LogP contribution < -0.4 is 10.6 Å². The number of carbonyl (C=O) groups is 3. The van der Waals surface area contributed by atoms with E-state index in [1.165, 1.54) is 16.0 Å². The van der Waals surface area contributed by atoms with Crippen LogP contribution in [0.1, 0.15) is 56.8 Å². The van der Waals surface area contributed by atoms with E-state index in [1.54, 1.807) is 18.2 Å². The fraction of sp³-hybridized carbons (Fsp3) is 0.464. The van der Waals surface area contributed by atoms with Crippen LogP contribution in [0.5, 0.6) is 0 Å². The smallest absolute Gasteiger partial charge is 0.247 e. The second-order valence-corrected chi connectivity index (χ2v) is 11.1. The van der Waals surface area contributed by atoms with Crippen molar-refractivity contribution in [1.82, 2.24) is 15.5 Å². The lowest BCUT2D eigenvalue weighted by Crippen LogP contribution is -2.68. The first-order chi connectivity index (χ1) is 17.1. The maximum Gasteiger partial charge on any atom is 0.247 e. The molecule has 0 radical (unpaired) electrons. The zero-order valence-corrected chi connectivity index (χ0v) is 22.6. The first-order valence-corrected chi connectivity index (χ1v) is 13.3. The van der Waals surface area contributed by atoms with E-state index in [-0.39, 0.29) is 40.6 Å². The van der Waals surface area contributed by atoms with Crippen LogP contribution in [0.25, 0.3) is 0 Å². The van der Waals surface area contributed by atoms with E-state index in [9.17, 15) is 14.4 Å². The number of fused-ring (bicyclic) bond motifs is 1. The Morgan fingerprint density at radius 2 is 1.69 bits per heavy atom. The van der Waals surface area contributed by atoms with Crippen molar-refractivity contribution in [2.24, 2.45) is 11.8 Å². The summed E-state index contributed by atoms with van der Waals surface area (Å²) in [6.45, 7) is 7.63. The standard InChI is InChI=1S/C28H33Cl2N3O3/c1-5-16(4)24-26(34)32-23(20-12-17-8-6-7-9-18(17)13-20)28(36)33(24)25(27(35)31-15(2)3)19-10-11-21(29)22(30)14-19/h6-11,14-16,20,23-25H,5,12-13H2,1-4H3,(H,31,35)(H,32,34)/t16-,23?,24+,25?/m0/s1. The predicted octanol–water partition coefficient (Wildman–Crippen LogP) is 4.72. The van der Waals surface area contributed by atoms with Crippen LogP contribution in [-0.4, -0.2) is 40.7 Å². The number of nitrogens with zero attached hydrogens (tertiary/aromatic N) is 1. The Bertz CT molecular complexity index is 1140. The number of piperazine rings is 1. The number of hydrogen-bond donors (Lipinski definition) is 2. The number of rotatable bonds is 7. The molecule has 6 nitrogen and oxygen atoms in total. The Labute approximate surface area is 222 Å². The van der Waals surface area contributed by atoms with E-state index >= 15 is 0 Å². The average Bonchev–Trinajstić information content (AvgIpc) is 3.26. The van der Waals surface area contributed by atoms with Crippen LogP contribution in [-0.2, 0) is 27.2 Å². The zero-order valence-electron chi connectivity index (χ0n) is 21.1. The fourth-order valence-electron chi connectivity index (χ4n) is 5.40. The van der Waals surface area contributed by atoms with Crippen LogP contribution in [0.4, 0.5) is 0 Å². The summed E-state index contributed by atoms with van der Waals surface area (Å²) in [5.74, 6) is -1.07. The van der Waals surface area contributed by atoms with Gasteiger partial charge in [-0.1, -0.05) is 73.8 Å². The molecule has 2 aliphatic rings. The van der Waals surface area contributed by atoms with Crippen molar-refractivity contribution in [3.05, 3.63) is 69.2 Å². The molecule has 4 atom stereocenters. The van der Waals surface area contributed by atoms with Gasteiger partial charge in [-0.25, -0.2) is 0 Å². The quantitative estimate of drug-likeness (QED) is 0.544. The molecule has 1 aliphatic heterocycles.